The summed E-state index contributed by atoms with van der Waals surface area (Å²) in [5, 5.41) is 2.84. The third-order valence-corrected chi connectivity index (χ3v) is 6.27. The highest BCUT2D eigenvalue weighted by atomic mass is 19.1. The lowest BCUT2D eigenvalue weighted by Crippen LogP contribution is -2.22. The van der Waals surface area contributed by atoms with Crippen LogP contribution in [0.2, 0.25) is 0 Å². The molecule has 1 fully saturated rings. The summed E-state index contributed by atoms with van der Waals surface area (Å²) in [6, 6.07) is 18.3. The molecular weight excluding hydrogens is 417 g/mol. The van der Waals surface area contributed by atoms with Crippen LogP contribution in [0.25, 0.3) is 22.7 Å². The van der Waals surface area contributed by atoms with Gasteiger partial charge in [0.05, 0.1) is 12.0 Å². The van der Waals surface area contributed by atoms with Gasteiger partial charge in [-0.05, 0) is 49.6 Å². The van der Waals surface area contributed by atoms with Gasteiger partial charge < -0.3 is 14.3 Å². The fraction of sp³-hybridized carbons (Fsp3) is 0.259. The molecule has 33 heavy (non-hydrogen) atoms. The van der Waals surface area contributed by atoms with E-state index in [9.17, 15) is 9.18 Å². The molecule has 1 aliphatic carbocycles. The van der Waals surface area contributed by atoms with Crippen molar-refractivity contribution in [1.82, 2.24) is 14.9 Å². The van der Waals surface area contributed by atoms with Crippen molar-refractivity contribution in [1.29, 1.82) is 0 Å². The molecule has 0 unspecified atom stereocenters. The number of hydrogen-bond donors (Lipinski definition) is 1. The molecule has 0 saturated heterocycles. The third kappa shape index (κ3) is 4.46. The highest BCUT2D eigenvalue weighted by Gasteiger charge is 2.25. The number of hydrogen-bond acceptors (Lipinski definition) is 3. The Balaban J connectivity index is 1.43. The van der Waals surface area contributed by atoms with Gasteiger partial charge in [0.2, 0.25) is 0 Å². The molecule has 4 aromatic rings. The monoisotopic (exact) mass is 443 g/mol. The van der Waals surface area contributed by atoms with Gasteiger partial charge in [-0.25, -0.2) is 9.37 Å². The summed E-state index contributed by atoms with van der Waals surface area (Å²) >= 11 is 0. The number of furan rings is 1. The van der Waals surface area contributed by atoms with Gasteiger partial charge in [0, 0.05) is 18.2 Å². The topological polar surface area (TPSA) is 60.1 Å². The van der Waals surface area contributed by atoms with Crippen LogP contribution < -0.4 is 5.32 Å². The Kier molecular flexibility index (Phi) is 5.82. The summed E-state index contributed by atoms with van der Waals surface area (Å²) in [6.45, 7) is 2.36. The van der Waals surface area contributed by atoms with Gasteiger partial charge in [-0.15, -0.1) is 0 Å². The molecule has 0 spiro atoms. The maximum atomic E-state index is 13.1. The van der Waals surface area contributed by atoms with E-state index in [-0.39, 0.29) is 17.5 Å². The van der Waals surface area contributed by atoms with Crippen LogP contribution in [0.4, 0.5) is 4.39 Å². The Labute approximate surface area is 192 Å². The minimum atomic E-state index is -0.311. The van der Waals surface area contributed by atoms with E-state index in [0.29, 0.717) is 18.3 Å². The summed E-state index contributed by atoms with van der Waals surface area (Å²) < 4.78 is 21.4. The Hall–Kier alpha value is -3.67. The number of rotatable bonds is 6. The van der Waals surface area contributed by atoms with Crippen molar-refractivity contribution in [2.45, 2.75) is 45.2 Å². The van der Waals surface area contributed by atoms with Crippen LogP contribution in [-0.2, 0) is 6.54 Å². The molecule has 6 heteroatoms. The summed E-state index contributed by atoms with van der Waals surface area (Å²) in [5.74, 6) is 0.251. The fourth-order valence-corrected chi connectivity index (χ4v) is 4.45. The van der Waals surface area contributed by atoms with Gasteiger partial charge in [-0.1, -0.05) is 54.8 Å². The second kappa shape index (κ2) is 9.06. The molecule has 1 N–H and O–H groups in total. The summed E-state index contributed by atoms with van der Waals surface area (Å²) in [5.41, 5.74) is 4.79. The van der Waals surface area contributed by atoms with Gasteiger partial charge >= 0.3 is 0 Å². The minimum Gasteiger partial charge on any atom is -0.449 e. The number of aryl methyl sites for hydroxylation is 1. The van der Waals surface area contributed by atoms with Crippen LogP contribution >= 0.6 is 0 Å². The van der Waals surface area contributed by atoms with Crippen LogP contribution in [-0.4, -0.2) is 15.5 Å². The van der Waals surface area contributed by atoms with E-state index in [2.05, 4.69) is 41.1 Å². The number of carbonyl (C=O) groups excluding carboxylic acids is 1. The van der Waals surface area contributed by atoms with Gasteiger partial charge in [0.1, 0.15) is 11.5 Å². The molecule has 1 saturated carbocycles. The van der Waals surface area contributed by atoms with E-state index in [0.717, 1.165) is 35.4 Å². The van der Waals surface area contributed by atoms with Gasteiger partial charge in [-0.3, -0.25) is 4.79 Å². The largest absolute Gasteiger partial charge is 0.449 e. The highest BCUT2D eigenvalue weighted by molar-refractivity contribution is 5.92. The van der Waals surface area contributed by atoms with Crippen molar-refractivity contribution in [3.63, 3.8) is 0 Å². The molecule has 5 nitrogen and oxygen atoms in total. The SMILES string of the molecule is Cc1ccc(-c2ncn(C3CCCC3)c2-c2ccc(C(=O)NCc3ccc(F)cc3)o2)cc1. The number of imidazole rings is 1. The lowest BCUT2D eigenvalue weighted by atomic mass is 10.1. The maximum Gasteiger partial charge on any atom is 0.287 e. The number of nitrogens with zero attached hydrogens (tertiary/aromatic N) is 2. The molecule has 5 rings (SSSR count). The Morgan fingerprint density at radius 1 is 1.06 bits per heavy atom. The first-order valence-corrected chi connectivity index (χ1v) is 11.4. The first-order chi connectivity index (χ1) is 16.1. The van der Waals surface area contributed by atoms with Crippen molar-refractivity contribution < 1.29 is 13.6 Å². The van der Waals surface area contributed by atoms with Crippen LogP contribution in [0.5, 0.6) is 0 Å². The molecule has 2 aromatic heterocycles. The molecule has 0 bridgehead atoms. The van der Waals surface area contributed by atoms with Crippen LogP contribution in [0.3, 0.4) is 0 Å². The lowest BCUT2D eigenvalue weighted by molar-refractivity contribution is 0.0924. The van der Waals surface area contributed by atoms with E-state index in [1.54, 1.807) is 18.2 Å². The number of carbonyl (C=O) groups is 1. The Bertz CT molecular complexity index is 1250. The van der Waals surface area contributed by atoms with Crippen molar-refractivity contribution in [3.05, 3.63) is 89.7 Å². The zero-order chi connectivity index (χ0) is 22.8. The number of nitrogens with one attached hydrogen (secondary N) is 1. The van der Waals surface area contributed by atoms with Crippen LogP contribution in [0.15, 0.2) is 71.4 Å². The molecule has 0 atom stereocenters. The standard InChI is InChI=1S/C27H26FN3O2/c1-18-6-10-20(11-7-18)25-26(31(17-30-25)22-4-2-3-5-22)23-14-15-24(33-23)27(32)29-16-19-8-12-21(28)13-9-19/h6-15,17,22H,2-5,16H2,1H3,(H,29,32). The summed E-state index contributed by atoms with van der Waals surface area (Å²) in [4.78, 5) is 17.4. The third-order valence-electron chi connectivity index (χ3n) is 6.27. The number of aromatic nitrogens is 2. The van der Waals surface area contributed by atoms with E-state index in [1.165, 1.54) is 30.5 Å². The second-order valence-corrected chi connectivity index (χ2v) is 8.63. The van der Waals surface area contributed by atoms with Crippen molar-refractivity contribution >= 4 is 5.91 Å². The first kappa shape index (κ1) is 21.2. The minimum absolute atomic E-state index is 0.237. The molecule has 1 amide bonds. The zero-order valence-corrected chi connectivity index (χ0v) is 18.6. The molecule has 0 radical (unpaired) electrons. The van der Waals surface area contributed by atoms with E-state index >= 15 is 0 Å². The molecule has 1 aliphatic rings. The first-order valence-electron chi connectivity index (χ1n) is 11.4. The molecule has 0 aliphatic heterocycles. The normalized spacial score (nSPS) is 14.0. The molecule has 168 valence electrons. The number of benzene rings is 2. The quantitative estimate of drug-likeness (QED) is 0.380. The average molecular weight is 444 g/mol. The van der Waals surface area contributed by atoms with Gasteiger partial charge in [-0.2, -0.15) is 0 Å². The molecule has 2 heterocycles. The Morgan fingerprint density at radius 2 is 1.79 bits per heavy atom. The fourth-order valence-electron chi connectivity index (χ4n) is 4.45. The zero-order valence-electron chi connectivity index (χ0n) is 18.6. The summed E-state index contributed by atoms with van der Waals surface area (Å²) in [7, 11) is 0. The van der Waals surface area contributed by atoms with E-state index in [1.807, 2.05) is 12.4 Å². The molecular formula is C27H26FN3O2. The van der Waals surface area contributed by atoms with Crippen LogP contribution in [0.1, 0.15) is 53.4 Å². The maximum absolute atomic E-state index is 13.1. The Morgan fingerprint density at radius 3 is 2.52 bits per heavy atom. The van der Waals surface area contributed by atoms with Crippen molar-refractivity contribution in [2.24, 2.45) is 0 Å². The lowest BCUT2D eigenvalue weighted by Gasteiger charge is -2.15. The smallest absolute Gasteiger partial charge is 0.287 e. The van der Waals surface area contributed by atoms with E-state index in [4.69, 9.17) is 9.40 Å². The second-order valence-electron chi connectivity index (χ2n) is 8.63. The van der Waals surface area contributed by atoms with E-state index < -0.39 is 0 Å². The predicted octanol–water partition coefficient (Wildman–Crippen LogP) is 6.30. The molecule has 2 aromatic carbocycles. The predicted molar refractivity (Wildman–Crippen MR) is 125 cm³/mol. The summed E-state index contributed by atoms with van der Waals surface area (Å²) in [6.07, 6.45) is 6.54. The number of halogens is 1. The van der Waals surface area contributed by atoms with Gasteiger partial charge in [0.15, 0.2) is 11.5 Å². The van der Waals surface area contributed by atoms with Gasteiger partial charge in [0.25, 0.3) is 5.91 Å². The number of amides is 1. The van der Waals surface area contributed by atoms with Crippen molar-refractivity contribution in [2.75, 3.05) is 0 Å². The average Bonchev–Trinajstić information content (AvgIpc) is 3.59. The highest BCUT2D eigenvalue weighted by Crippen LogP contribution is 2.39. The van der Waals surface area contributed by atoms with Crippen molar-refractivity contribution in [3.8, 4) is 22.7 Å². The van der Waals surface area contributed by atoms with Crippen LogP contribution in [0, 0.1) is 12.7 Å².